The molecule has 5 heteroatoms. The van der Waals surface area contributed by atoms with Crippen LogP contribution in [0.25, 0.3) is 0 Å². The van der Waals surface area contributed by atoms with E-state index in [1.807, 2.05) is 11.0 Å². The van der Waals surface area contributed by atoms with Crippen LogP contribution in [0.2, 0.25) is 0 Å². The van der Waals surface area contributed by atoms with Gasteiger partial charge >= 0.3 is 0 Å². The van der Waals surface area contributed by atoms with E-state index >= 15 is 0 Å². The molecule has 0 radical (unpaired) electrons. The molecule has 1 fully saturated rings. The van der Waals surface area contributed by atoms with Crippen molar-refractivity contribution in [1.29, 1.82) is 0 Å². The van der Waals surface area contributed by atoms with Gasteiger partial charge in [0.05, 0.1) is 12.7 Å². The van der Waals surface area contributed by atoms with Crippen LogP contribution in [0.4, 0.5) is 0 Å². The summed E-state index contributed by atoms with van der Waals surface area (Å²) in [4.78, 5) is 26.2. The zero-order valence-electron chi connectivity index (χ0n) is 13.1. The van der Waals surface area contributed by atoms with Crippen LogP contribution in [0.5, 0.6) is 5.75 Å². The second-order valence-electron chi connectivity index (χ2n) is 5.50. The number of ether oxygens (including phenoxy) is 1. The Kier molecular flexibility index (Phi) is 6.25. The molecule has 1 N–H and O–H groups in total. The largest absolute Gasteiger partial charge is 0.496 e. The Morgan fingerprint density at radius 3 is 2.50 bits per heavy atom. The average molecular weight is 304 g/mol. The van der Waals surface area contributed by atoms with Crippen LogP contribution in [-0.2, 0) is 4.79 Å². The van der Waals surface area contributed by atoms with E-state index in [4.69, 9.17) is 4.74 Å². The van der Waals surface area contributed by atoms with E-state index in [0.717, 1.165) is 25.9 Å². The van der Waals surface area contributed by atoms with Crippen molar-refractivity contribution in [3.05, 3.63) is 29.8 Å². The van der Waals surface area contributed by atoms with E-state index in [-0.39, 0.29) is 11.8 Å². The Bertz CT molecular complexity index is 508. The highest BCUT2D eigenvalue weighted by molar-refractivity contribution is 5.97. The van der Waals surface area contributed by atoms with Gasteiger partial charge in [-0.05, 0) is 25.0 Å². The number of carbonyl (C=O) groups excluding carboxylic acids is 2. The lowest BCUT2D eigenvalue weighted by Gasteiger charge is -2.20. The van der Waals surface area contributed by atoms with Gasteiger partial charge in [0.1, 0.15) is 5.75 Å². The third-order valence-corrected chi connectivity index (χ3v) is 3.93. The molecule has 5 nitrogen and oxygen atoms in total. The maximum Gasteiger partial charge on any atom is 0.255 e. The number of hydrogen-bond donors (Lipinski definition) is 1. The van der Waals surface area contributed by atoms with Gasteiger partial charge in [-0.15, -0.1) is 0 Å². The first-order chi connectivity index (χ1) is 10.7. The van der Waals surface area contributed by atoms with E-state index in [1.165, 1.54) is 20.0 Å². The molecule has 1 aromatic rings. The van der Waals surface area contributed by atoms with Crippen molar-refractivity contribution in [2.45, 2.75) is 32.1 Å². The first-order valence-corrected chi connectivity index (χ1v) is 7.91. The number of likely N-dealkylation sites (tertiary alicyclic amines) is 1. The zero-order valence-corrected chi connectivity index (χ0v) is 13.1. The molecule has 1 heterocycles. The second-order valence-corrected chi connectivity index (χ2v) is 5.50. The fourth-order valence-electron chi connectivity index (χ4n) is 2.69. The van der Waals surface area contributed by atoms with E-state index < -0.39 is 0 Å². The zero-order chi connectivity index (χ0) is 15.8. The number of nitrogens with one attached hydrogen (secondary N) is 1. The number of nitrogens with zero attached hydrogens (tertiary/aromatic N) is 1. The number of para-hydroxylation sites is 1. The summed E-state index contributed by atoms with van der Waals surface area (Å²) >= 11 is 0. The summed E-state index contributed by atoms with van der Waals surface area (Å²) in [5.74, 6) is 0.460. The molecule has 22 heavy (non-hydrogen) atoms. The monoisotopic (exact) mass is 304 g/mol. The molecule has 0 unspecified atom stereocenters. The number of rotatable bonds is 5. The molecule has 1 saturated heterocycles. The van der Waals surface area contributed by atoms with Crippen LogP contribution in [0.15, 0.2) is 24.3 Å². The Morgan fingerprint density at radius 2 is 1.82 bits per heavy atom. The first-order valence-electron chi connectivity index (χ1n) is 7.91. The summed E-state index contributed by atoms with van der Waals surface area (Å²) < 4.78 is 5.17. The highest BCUT2D eigenvalue weighted by Crippen LogP contribution is 2.16. The van der Waals surface area contributed by atoms with Gasteiger partial charge in [-0.1, -0.05) is 25.0 Å². The smallest absolute Gasteiger partial charge is 0.255 e. The maximum absolute atomic E-state index is 12.1. The van der Waals surface area contributed by atoms with E-state index in [0.29, 0.717) is 24.3 Å². The summed E-state index contributed by atoms with van der Waals surface area (Å²) in [5, 5.41) is 2.79. The summed E-state index contributed by atoms with van der Waals surface area (Å²) in [6.45, 7) is 2.05. The van der Waals surface area contributed by atoms with Crippen LogP contribution < -0.4 is 10.1 Å². The molecule has 0 bridgehead atoms. The Hall–Kier alpha value is -2.04. The van der Waals surface area contributed by atoms with E-state index in [1.54, 1.807) is 18.2 Å². The van der Waals surface area contributed by atoms with Crippen LogP contribution in [-0.4, -0.2) is 43.5 Å². The first kappa shape index (κ1) is 16.3. The van der Waals surface area contributed by atoms with E-state index in [2.05, 4.69) is 5.32 Å². The Labute approximate surface area is 131 Å². The number of carbonyl (C=O) groups is 2. The standard InChI is InChI=1S/C17H24N2O3/c1-22-15-9-5-4-8-14(15)17(21)18-11-10-16(20)19-12-6-2-3-7-13-19/h4-5,8-9H,2-3,6-7,10-13H2,1H3,(H,18,21). The van der Waals surface area contributed by atoms with Crippen LogP contribution >= 0.6 is 0 Å². The minimum absolute atomic E-state index is 0.127. The fourth-order valence-corrected chi connectivity index (χ4v) is 2.69. The van der Waals surface area contributed by atoms with Crippen molar-refractivity contribution >= 4 is 11.8 Å². The van der Waals surface area contributed by atoms with Crippen molar-refractivity contribution in [3.63, 3.8) is 0 Å². The molecule has 0 spiro atoms. The predicted octanol–water partition coefficient (Wildman–Crippen LogP) is 2.22. The average Bonchev–Trinajstić information content (AvgIpc) is 2.83. The van der Waals surface area contributed by atoms with Gasteiger partial charge in [0, 0.05) is 26.1 Å². The van der Waals surface area contributed by atoms with Crippen molar-refractivity contribution in [1.82, 2.24) is 10.2 Å². The molecule has 120 valence electrons. The number of hydrogen-bond acceptors (Lipinski definition) is 3. The topological polar surface area (TPSA) is 58.6 Å². The molecule has 0 atom stereocenters. The number of benzene rings is 1. The number of methoxy groups -OCH3 is 1. The van der Waals surface area contributed by atoms with Gasteiger partial charge in [0.15, 0.2) is 0 Å². The van der Waals surface area contributed by atoms with Gasteiger partial charge in [-0.2, -0.15) is 0 Å². The molecule has 2 rings (SSSR count). The van der Waals surface area contributed by atoms with Crippen LogP contribution in [0, 0.1) is 0 Å². The van der Waals surface area contributed by atoms with Crippen LogP contribution in [0.3, 0.4) is 0 Å². The molecule has 0 saturated carbocycles. The molecule has 1 aromatic carbocycles. The summed E-state index contributed by atoms with van der Waals surface area (Å²) in [6, 6.07) is 7.07. The third kappa shape index (κ3) is 4.48. The van der Waals surface area contributed by atoms with Crippen LogP contribution in [0.1, 0.15) is 42.5 Å². The molecular weight excluding hydrogens is 280 g/mol. The van der Waals surface area contributed by atoms with Gasteiger partial charge in [-0.3, -0.25) is 9.59 Å². The molecule has 1 aliphatic rings. The van der Waals surface area contributed by atoms with Gasteiger partial charge in [-0.25, -0.2) is 0 Å². The lowest BCUT2D eigenvalue weighted by molar-refractivity contribution is -0.131. The molecule has 0 aromatic heterocycles. The van der Waals surface area contributed by atoms with Gasteiger partial charge in [0.2, 0.25) is 5.91 Å². The van der Waals surface area contributed by atoms with Crippen molar-refractivity contribution < 1.29 is 14.3 Å². The summed E-state index contributed by atoms with van der Waals surface area (Å²) in [7, 11) is 1.54. The molecular formula is C17H24N2O3. The van der Waals surface area contributed by atoms with Gasteiger partial charge in [0.25, 0.3) is 5.91 Å². The Morgan fingerprint density at radius 1 is 1.14 bits per heavy atom. The minimum atomic E-state index is -0.207. The second kappa shape index (κ2) is 8.41. The fraction of sp³-hybridized carbons (Fsp3) is 0.529. The quantitative estimate of drug-likeness (QED) is 0.907. The molecule has 1 aliphatic heterocycles. The lowest BCUT2D eigenvalue weighted by Crippen LogP contribution is -2.35. The summed E-state index contributed by atoms with van der Waals surface area (Å²) in [6.07, 6.45) is 4.92. The number of amides is 2. The molecule has 0 aliphatic carbocycles. The highest BCUT2D eigenvalue weighted by Gasteiger charge is 2.16. The third-order valence-electron chi connectivity index (χ3n) is 3.93. The minimum Gasteiger partial charge on any atom is -0.496 e. The van der Waals surface area contributed by atoms with E-state index in [9.17, 15) is 9.59 Å². The molecule has 2 amide bonds. The lowest BCUT2D eigenvalue weighted by atomic mass is 10.2. The van der Waals surface area contributed by atoms with Gasteiger partial charge < -0.3 is 15.0 Å². The summed E-state index contributed by atoms with van der Waals surface area (Å²) in [5.41, 5.74) is 0.493. The van der Waals surface area contributed by atoms with Crippen molar-refractivity contribution in [2.75, 3.05) is 26.7 Å². The van der Waals surface area contributed by atoms with Crippen molar-refractivity contribution in [2.24, 2.45) is 0 Å². The van der Waals surface area contributed by atoms with Crippen molar-refractivity contribution in [3.8, 4) is 5.75 Å². The maximum atomic E-state index is 12.1. The predicted molar refractivity (Wildman–Crippen MR) is 85.0 cm³/mol. The Balaban J connectivity index is 1.80. The normalized spacial score (nSPS) is 15.0. The SMILES string of the molecule is COc1ccccc1C(=O)NCCC(=O)N1CCCCCC1. The highest BCUT2D eigenvalue weighted by atomic mass is 16.5.